The van der Waals surface area contributed by atoms with E-state index < -0.39 is 5.97 Å². The first-order valence-electron chi connectivity index (χ1n) is 10.3. The number of aliphatic imine (C=N–C) groups is 1. The normalized spacial score (nSPS) is 14.1. The number of hydrogen-bond donors (Lipinski definition) is 1. The molecule has 166 valence electrons. The van der Waals surface area contributed by atoms with Crippen LogP contribution >= 0.6 is 0 Å². The first-order valence-corrected chi connectivity index (χ1v) is 10.3. The topological polar surface area (TPSA) is 101 Å². The van der Waals surface area contributed by atoms with Crippen molar-refractivity contribution in [2.24, 2.45) is 4.99 Å². The van der Waals surface area contributed by atoms with E-state index >= 15 is 0 Å². The number of ether oxygens (including phenoxy) is 2. The van der Waals surface area contributed by atoms with Gasteiger partial charge < -0.3 is 19.3 Å². The highest BCUT2D eigenvalue weighted by Gasteiger charge is 2.29. The van der Waals surface area contributed by atoms with Crippen molar-refractivity contribution in [3.63, 3.8) is 0 Å². The van der Waals surface area contributed by atoms with E-state index in [1.165, 1.54) is 12.0 Å². The number of para-hydroxylation sites is 1. The van der Waals surface area contributed by atoms with E-state index in [1.807, 2.05) is 41.3 Å². The fourth-order valence-electron chi connectivity index (χ4n) is 3.60. The molecule has 1 fully saturated rings. The molecule has 2 amide bonds. The molecule has 2 aliphatic heterocycles. The molecule has 2 aliphatic rings. The van der Waals surface area contributed by atoms with Crippen LogP contribution in [0.1, 0.15) is 18.4 Å². The molecule has 9 heteroatoms. The van der Waals surface area contributed by atoms with Gasteiger partial charge in [0.1, 0.15) is 18.8 Å². The van der Waals surface area contributed by atoms with Gasteiger partial charge in [0.25, 0.3) is 0 Å². The van der Waals surface area contributed by atoms with Gasteiger partial charge in [0, 0.05) is 24.2 Å². The summed E-state index contributed by atoms with van der Waals surface area (Å²) < 4.78 is 10.6. The zero-order valence-electron chi connectivity index (χ0n) is 17.7. The molecule has 9 nitrogen and oxygen atoms in total. The lowest BCUT2D eigenvalue weighted by Crippen LogP contribution is -2.36. The molecule has 0 radical (unpaired) electrons. The van der Waals surface area contributed by atoms with Crippen LogP contribution < -0.4 is 15.0 Å². The van der Waals surface area contributed by atoms with Crippen molar-refractivity contribution in [3.8, 4) is 5.75 Å². The summed E-state index contributed by atoms with van der Waals surface area (Å²) in [6, 6.07) is 14.6. The summed E-state index contributed by atoms with van der Waals surface area (Å²) >= 11 is 0. The molecule has 0 bridgehead atoms. The molecular formula is C23H24N4O5. The fourth-order valence-corrected chi connectivity index (χ4v) is 3.60. The number of guanidine groups is 1. The monoisotopic (exact) mass is 436 g/mol. The number of amides is 2. The van der Waals surface area contributed by atoms with Crippen LogP contribution in [0.5, 0.6) is 5.75 Å². The second kappa shape index (κ2) is 9.51. The smallest absolute Gasteiger partial charge is 0.325 e. The van der Waals surface area contributed by atoms with E-state index in [4.69, 9.17) is 9.47 Å². The molecule has 0 saturated carbocycles. The van der Waals surface area contributed by atoms with Crippen molar-refractivity contribution in [3.05, 3.63) is 54.1 Å². The Morgan fingerprint density at radius 1 is 1.16 bits per heavy atom. The lowest BCUT2D eigenvalue weighted by molar-refractivity contribution is -0.140. The Morgan fingerprint density at radius 3 is 2.75 bits per heavy atom. The van der Waals surface area contributed by atoms with E-state index in [2.05, 4.69) is 10.3 Å². The third kappa shape index (κ3) is 4.88. The Kier molecular flexibility index (Phi) is 6.34. The van der Waals surface area contributed by atoms with E-state index in [0.717, 1.165) is 11.3 Å². The van der Waals surface area contributed by atoms with Crippen LogP contribution in [-0.2, 0) is 25.7 Å². The van der Waals surface area contributed by atoms with Crippen LogP contribution in [0, 0.1) is 0 Å². The number of methoxy groups -OCH3 is 1. The molecule has 2 aromatic carbocycles. The van der Waals surface area contributed by atoms with E-state index in [9.17, 15) is 14.4 Å². The minimum Gasteiger partial charge on any atom is -0.494 e. The van der Waals surface area contributed by atoms with Crippen molar-refractivity contribution in [2.45, 2.75) is 19.4 Å². The largest absolute Gasteiger partial charge is 0.494 e. The number of hydrogen-bond acceptors (Lipinski definition) is 7. The first-order chi connectivity index (χ1) is 15.5. The highest BCUT2D eigenvalue weighted by molar-refractivity contribution is 6.05. The maximum atomic E-state index is 12.7. The Morgan fingerprint density at radius 2 is 1.97 bits per heavy atom. The van der Waals surface area contributed by atoms with Crippen LogP contribution in [0.3, 0.4) is 0 Å². The summed E-state index contributed by atoms with van der Waals surface area (Å²) in [5.74, 6) is 0.554. The molecular weight excluding hydrogens is 412 g/mol. The standard InChI is InChI=1S/C23H24N4O5/c1-31-22(30)15-27(17-6-3-2-4-7-17)21(29)8-5-11-32-18-9-10-19-16(12-18)13-26-14-20(28)25-23(26)24-19/h2-4,6-7,9-10,12H,5,8,11,13-15H2,1H3,(H,24,25,28). The van der Waals surface area contributed by atoms with Gasteiger partial charge in [0.05, 0.1) is 19.4 Å². The van der Waals surface area contributed by atoms with Crippen LogP contribution in [0.4, 0.5) is 11.4 Å². The van der Waals surface area contributed by atoms with Gasteiger partial charge >= 0.3 is 5.97 Å². The Labute approximate surface area is 185 Å². The predicted molar refractivity (Wildman–Crippen MR) is 118 cm³/mol. The molecule has 2 aromatic rings. The van der Waals surface area contributed by atoms with Crippen molar-refractivity contribution in [2.75, 3.05) is 31.7 Å². The number of esters is 1. The zero-order valence-corrected chi connectivity index (χ0v) is 17.7. The maximum absolute atomic E-state index is 12.7. The Bertz CT molecular complexity index is 1050. The number of anilines is 1. The number of carbonyl (C=O) groups is 3. The van der Waals surface area contributed by atoms with Crippen LogP contribution in [0.15, 0.2) is 53.5 Å². The van der Waals surface area contributed by atoms with Crippen LogP contribution in [0.25, 0.3) is 0 Å². The lowest BCUT2D eigenvalue weighted by Gasteiger charge is -2.23. The van der Waals surface area contributed by atoms with Gasteiger partial charge in [-0.2, -0.15) is 0 Å². The number of benzene rings is 2. The molecule has 0 aliphatic carbocycles. The molecule has 0 atom stereocenters. The minimum atomic E-state index is -0.478. The predicted octanol–water partition coefficient (Wildman–Crippen LogP) is 1.98. The lowest BCUT2D eigenvalue weighted by atomic mass is 10.1. The number of nitrogens with zero attached hydrogens (tertiary/aromatic N) is 3. The molecule has 0 unspecified atom stereocenters. The molecule has 4 rings (SSSR count). The zero-order chi connectivity index (χ0) is 22.5. The van der Waals surface area contributed by atoms with Gasteiger partial charge in [-0.15, -0.1) is 0 Å². The summed E-state index contributed by atoms with van der Waals surface area (Å²) in [4.78, 5) is 43.8. The number of rotatable bonds is 8. The quantitative estimate of drug-likeness (QED) is 0.502. The average molecular weight is 436 g/mol. The van der Waals surface area contributed by atoms with Gasteiger partial charge in [-0.25, -0.2) is 4.99 Å². The summed E-state index contributed by atoms with van der Waals surface area (Å²) in [6.07, 6.45) is 0.722. The fraction of sp³-hybridized carbons (Fsp3) is 0.304. The second-order valence-corrected chi connectivity index (χ2v) is 7.47. The van der Waals surface area contributed by atoms with Gasteiger partial charge in [-0.3, -0.25) is 19.7 Å². The highest BCUT2D eigenvalue weighted by atomic mass is 16.5. The molecule has 32 heavy (non-hydrogen) atoms. The van der Waals surface area contributed by atoms with Crippen molar-refractivity contribution >= 4 is 35.1 Å². The molecule has 2 heterocycles. The first kappa shape index (κ1) is 21.4. The summed E-state index contributed by atoms with van der Waals surface area (Å²) in [5, 5.41) is 2.74. The van der Waals surface area contributed by atoms with Crippen molar-refractivity contribution in [1.29, 1.82) is 0 Å². The van der Waals surface area contributed by atoms with Gasteiger partial charge in [-0.05, 0) is 36.8 Å². The number of carbonyl (C=O) groups excluding carboxylic acids is 3. The van der Waals surface area contributed by atoms with Crippen LogP contribution in [0.2, 0.25) is 0 Å². The van der Waals surface area contributed by atoms with E-state index in [0.29, 0.717) is 43.5 Å². The summed E-state index contributed by atoms with van der Waals surface area (Å²) in [5.41, 5.74) is 2.43. The average Bonchev–Trinajstić information content (AvgIpc) is 3.17. The second-order valence-electron chi connectivity index (χ2n) is 7.47. The summed E-state index contributed by atoms with van der Waals surface area (Å²) in [6.45, 7) is 1.10. The van der Waals surface area contributed by atoms with Crippen molar-refractivity contribution < 1.29 is 23.9 Å². The third-order valence-corrected chi connectivity index (χ3v) is 5.21. The molecule has 0 spiro atoms. The molecule has 1 N–H and O–H groups in total. The molecule has 0 aromatic heterocycles. The van der Waals surface area contributed by atoms with Gasteiger partial charge in [-0.1, -0.05) is 18.2 Å². The number of fused-ring (bicyclic) bond motifs is 2. The van der Waals surface area contributed by atoms with Gasteiger partial charge in [0.2, 0.25) is 17.8 Å². The van der Waals surface area contributed by atoms with Gasteiger partial charge in [0.15, 0.2) is 0 Å². The molecule has 1 saturated heterocycles. The van der Waals surface area contributed by atoms with Crippen molar-refractivity contribution in [1.82, 2.24) is 10.2 Å². The number of nitrogens with one attached hydrogen (secondary N) is 1. The summed E-state index contributed by atoms with van der Waals surface area (Å²) in [7, 11) is 1.30. The Hall–Kier alpha value is -3.88. The Balaban J connectivity index is 1.31. The minimum absolute atomic E-state index is 0.0607. The van der Waals surface area contributed by atoms with E-state index in [-0.39, 0.29) is 24.8 Å². The third-order valence-electron chi connectivity index (χ3n) is 5.21. The SMILES string of the molecule is COC(=O)CN(C(=O)CCCOc1ccc2c(c1)CN1CC(=O)NC1=N2)c1ccccc1. The van der Waals surface area contributed by atoms with E-state index in [1.54, 1.807) is 12.1 Å². The highest BCUT2D eigenvalue weighted by Crippen LogP contribution is 2.30. The maximum Gasteiger partial charge on any atom is 0.325 e. The van der Waals surface area contributed by atoms with Crippen LogP contribution in [-0.4, -0.2) is 55.4 Å².